The van der Waals surface area contributed by atoms with Gasteiger partial charge in [0.25, 0.3) is 0 Å². The largest absolute Gasteiger partial charge is 0.293 e. The Bertz CT molecular complexity index is 615. The monoisotopic (exact) mass is 310 g/mol. The molecule has 0 amide bonds. The topological polar surface area (TPSA) is 34.1 Å². The second-order valence-electron chi connectivity index (χ2n) is 4.27. The molecule has 0 heterocycles. The maximum Gasteiger partial charge on any atom is 0.178 e. The molecule has 0 radical (unpaired) electrons. The van der Waals surface area contributed by atoms with Gasteiger partial charge in [-0.2, -0.15) is 0 Å². The summed E-state index contributed by atoms with van der Waals surface area (Å²) in [7, 11) is -1.61. The van der Waals surface area contributed by atoms with Gasteiger partial charge in [-0.15, -0.1) is 0 Å². The third-order valence-corrected chi connectivity index (χ3v) is 4.64. The second-order valence-corrected chi connectivity index (χ2v) is 6.48. The average Bonchev–Trinajstić information content (AvgIpc) is 2.45. The Morgan fingerprint density at radius 1 is 1.20 bits per heavy atom. The van der Waals surface area contributed by atoms with Crippen molar-refractivity contribution in [1.29, 1.82) is 0 Å². The molecule has 0 saturated carbocycles. The molecule has 0 aliphatic heterocycles. The van der Waals surface area contributed by atoms with Gasteiger partial charge >= 0.3 is 0 Å². The fraction of sp³-hybridized carbons (Fsp3) is 0.133. The van der Waals surface area contributed by atoms with Gasteiger partial charge in [0.15, 0.2) is 5.78 Å². The van der Waals surface area contributed by atoms with E-state index in [-0.39, 0.29) is 5.78 Å². The van der Waals surface area contributed by atoms with Gasteiger partial charge in [-0.05, 0) is 37.3 Å². The van der Waals surface area contributed by atoms with Crippen molar-refractivity contribution < 1.29 is 13.4 Å². The minimum Gasteiger partial charge on any atom is -0.293 e. The summed E-state index contributed by atoms with van der Waals surface area (Å²) >= 11 is 5.83. The van der Waals surface area contributed by atoms with Crippen molar-refractivity contribution in [1.82, 2.24) is 0 Å². The molecule has 20 heavy (non-hydrogen) atoms. The smallest absolute Gasteiger partial charge is 0.178 e. The lowest BCUT2D eigenvalue weighted by atomic mass is 10.1. The first kappa shape index (κ1) is 14.9. The van der Waals surface area contributed by atoms with Crippen LogP contribution in [-0.2, 0) is 10.8 Å². The van der Waals surface area contributed by atoms with E-state index in [9.17, 15) is 13.4 Å². The molecule has 0 saturated heterocycles. The maximum absolute atomic E-state index is 13.1. The van der Waals surface area contributed by atoms with Gasteiger partial charge in [0, 0.05) is 15.5 Å². The highest BCUT2D eigenvalue weighted by molar-refractivity contribution is 7.86. The Labute approximate surface area is 124 Å². The first-order chi connectivity index (χ1) is 9.49. The molecule has 2 aromatic rings. The van der Waals surface area contributed by atoms with E-state index in [4.69, 9.17) is 11.6 Å². The molecule has 0 fully saturated rings. The molecule has 0 N–H and O–H groups in total. The highest BCUT2D eigenvalue weighted by Crippen LogP contribution is 2.18. The van der Waals surface area contributed by atoms with Crippen LogP contribution in [0, 0.1) is 5.82 Å². The van der Waals surface area contributed by atoms with E-state index >= 15 is 0 Å². The Morgan fingerprint density at radius 2 is 1.90 bits per heavy atom. The van der Waals surface area contributed by atoms with Crippen molar-refractivity contribution in [2.75, 3.05) is 0 Å². The number of ketones is 1. The minimum atomic E-state index is -1.61. The summed E-state index contributed by atoms with van der Waals surface area (Å²) < 4.78 is 25.4. The highest BCUT2D eigenvalue weighted by atomic mass is 35.5. The van der Waals surface area contributed by atoms with E-state index in [1.165, 1.54) is 24.3 Å². The summed E-state index contributed by atoms with van der Waals surface area (Å²) in [6, 6.07) is 11.9. The normalized spacial score (nSPS) is 13.8. The molecular formula is C15H12ClFO2S. The van der Waals surface area contributed by atoms with Gasteiger partial charge in [0.2, 0.25) is 0 Å². The number of benzene rings is 2. The van der Waals surface area contributed by atoms with Crippen LogP contribution in [0.5, 0.6) is 0 Å². The van der Waals surface area contributed by atoms with Crippen LogP contribution in [0.3, 0.4) is 0 Å². The fourth-order valence-corrected chi connectivity index (χ4v) is 3.14. The van der Waals surface area contributed by atoms with Crippen LogP contribution in [0.4, 0.5) is 4.39 Å². The van der Waals surface area contributed by atoms with Crippen LogP contribution in [0.25, 0.3) is 0 Å². The molecule has 2 atom stereocenters. The van der Waals surface area contributed by atoms with E-state index in [1.54, 1.807) is 31.2 Å². The lowest BCUT2D eigenvalue weighted by Gasteiger charge is -2.11. The standard InChI is InChI=1S/C15H12ClFO2S/c1-10(15(18)11-4-2-5-12(16)8-11)20(19)14-7-3-6-13(17)9-14/h2-10H,1H3. The van der Waals surface area contributed by atoms with E-state index in [0.717, 1.165) is 0 Å². The lowest BCUT2D eigenvalue weighted by Crippen LogP contribution is -2.22. The molecule has 5 heteroatoms. The summed E-state index contributed by atoms with van der Waals surface area (Å²) in [5.41, 5.74) is 0.398. The van der Waals surface area contributed by atoms with E-state index < -0.39 is 21.9 Å². The molecule has 0 aromatic heterocycles. The van der Waals surface area contributed by atoms with Crippen molar-refractivity contribution in [3.05, 3.63) is 64.9 Å². The number of hydrogen-bond donors (Lipinski definition) is 0. The third-order valence-electron chi connectivity index (χ3n) is 2.83. The molecule has 0 aliphatic rings. The summed E-state index contributed by atoms with van der Waals surface area (Å²) in [6.07, 6.45) is 0. The van der Waals surface area contributed by atoms with Gasteiger partial charge in [0.1, 0.15) is 5.82 Å². The summed E-state index contributed by atoms with van der Waals surface area (Å²) in [5, 5.41) is -0.324. The molecule has 2 unspecified atom stereocenters. The molecular weight excluding hydrogens is 299 g/mol. The lowest BCUT2D eigenvalue weighted by molar-refractivity contribution is 0.0992. The van der Waals surface area contributed by atoms with Crippen LogP contribution < -0.4 is 0 Å². The Balaban J connectivity index is 2.25. The van der Waals surface area contributed by atoms with Crippen LogP contribution in [0.2, 0.25) is 5.02 Å². The number of carbonyl (C=O) groups is 1. The number of Topliss-reactive ketones (excluding diaryl/α,β-unsaturated/α-hetero) is 1. The second kappa shape index (κ2) is 6.29. The SMILES string of the molecule is CC(C(=O)c1cccc(Cl)c1)S(=O)c1cccc(F)c1. The van der Waals surface area contributed by atoms with Crippen molar-refractivity contribution in [2.45, 2.75) is 17.1 Å². The van der Waals surface area contributed by atoms with Gasteiger partial charge in [0.05, 0.1) is 16.0 Å². The van der Waals surface area contributed by atoms with Crippen LogP contribution in [-0.4, -0.2) is 15.2 Å². The van der Waals surface area contributed by atoms with E-state index in [2.05, 4.69) is 0 Å². The average molecular weight is 311 g/mol. The van der Waals surface area contributed by atoms with Gasteiger partial charge in [-0.1, -0.05) is 29.8 Å². The molecule has 2 nitrogen and oxygen atoms in total. The Hall–Kier alpha value is -1.52. The fourth-order valence-electron chi connectivity index (χ4n) is 1.77. The number of hydrogen-bond acceptors (Lipinski definition) is 2. The van der Waals surface area contributed by atoms with Crippen LogP contribution in [0.15, 0.2) is 53.4 Å². The predicted molar refractivity (Wildman–Crippen MR) is 78.1 cm³/mol. The Morgan fingerprint density at radius 3 is 2.55 bits per heavy atom. The quantitative estimate of drug-likeness (QED) is 0.804. The summed E-state index contributed by atoms with van der Waals surface area (Å²) in [4.78, 5) is 12.6. The maximum atomic E-state index is 13.1. The molecule has 0 bridgehead atoms. The zero-order valence-electron chi connectivity index (χ0n) is 10.7. The molecule has 0 spiro atoms. The van der Waals surface area contributed by atoms with Crippen LogP contribution >= 0.6 is 11.6 Å². The molecule has 2 aromatic carbocycles. The van der Waals surface area contributed by atoms with Crippen molar-refractivity contribution in [3.8, 4) is 0 Å². The molecule has 104 valence electrons. The zero-order valence-corrected chi connectivity index (χ0v) is 12.2. The Kier molecular flexibility index (Phi) is 4.68. The van der Waals surface area contributed by atoms with Gasteiger partial charge < -0.3 is 0 Å². The number of halogens is 2. The first-order valence-electron chi connectivity index (χ1n) is 5.95. The summed E-state index contributed by atoms with van der Waals surface area (Å²) in [6.45, 7) is 1.56. The van der Waals surface area contributed by atoms with Crippen molar-refractivity contribution in [3.63, 3.8) is 0 Å². The zero-order chi connectivity index (χ0) is 14.7. The minimum absolute atomic E-state index is 0.282. The molecule has 2 rings (SSSR count). The van der Waals surface area contributed by atoms with Gasteiger partial charge in [-0.25, -0.2) is 4.39 Å². The predicted octanol–water partition coefficient (Wildman–Crippen LogP) is 3.86. The first-order valence-corrected chi connectivity index (χ1v) is 7.54. The highest BCUT2D eigenvalue weighted by Gasteiger charge is 2.23. The molecule has 0 aliphatic carbocycles. The van der Waals surface area contributed by atoms with Crippen LogP contribution in [0.1, 0.15) is 17.3 Å². The van der Waals surface area contributed by atoms with E-state index in [1.807, 2.05) is 0 Å². The number of rotatable bonds is 4. The number of carbonyl (C=O) groups excluding carboxylic acids is 1. The third kappa shape index (κ3) is 3.32. The summed E-state index contributed by atoms with van der Waals surface area (Å²) in [5.74, 6) is -0.756. The van der Waals surface area contributed by atoms with Crippen molar-refractivity contribution in [2.24, 2.45) is 0 Å². The van der Waals surface area contributed by atoms with Gasteiger partial charge in [-0.3, -0.25) is 9.00 Å². The van der Waals surface area contributed by atoms with Crippen molar-refractivity contribution >= 4 is 28.2 Å². The van der Waals surface area contributed by atoms with E-state index in [0.29, 0.717) is 15.5 Å².